The highest BCUT2D eigenvalue weighted by Crippen LogP contribution is 2.22. The molecule has 0 saturated carbocycles. The van der Waals surface area contributed by atoms with E-state index >= 15 is 0 Å². The van der Waals surface area contributed by atoms with Crippen LogP contribution in [0.25, 0.3) is 11.0 Å². The van der Waals surface area contributed by atoms with Gasteiger partial charge in [0.1, 0.15) is 24.1 Å². The maximum Gasteiger partial charge on any atom is 0.264 e. The molecule has 0 spiro atoms. The lowest BCUT2D eigenvalue weighted by molar-refractivity contribution is -0.132. The monoisotopic (exact) mass is 412 g/mol. The van der Waals surface area contributed by atoms with Gasteiger partial charge in [0.2, 0.25) is 5.91 Å². The Morgan fingerprint density at radius 3 is 2.57 bits per heavy atom. The molecule has 1 aliphatic heterocycles. The number of piperazine rings is 1. The second-order valence-electron chi connectivity index (χ2n) is 7.27. The summed E-state index contributed by atoms with van der Waals surface area (Å²) in [6.07, 6.45) is 2.79. The lowest BCUT2D eigenvalue weighted by Gasteiger charge is -2.36. The Labute approximate surface area is 171 Å². The van der Waals surface area contributed by atoms with E-state index in [2.05, 4.69) is 10.1 Å². The molecule has 0 bridgehead atoms. The predicted molar refractivity (Wildman–Crippen MR) is 108 cm³/mol. The molecule has 1 saturated heterocycles. The van der Waals surface area contributed by atoms with Crippen LogP contribution >= 0.6 is 0 Å². The average Bonchev–Trinajstić information content (AvgIpc) is 3.11. The highest BCUT2D eigenvalue weighted by atomic mass is 19.1. The number of aromatic nitrogens is 4. The SMILES string of the molecule is CC(=O)c1ccc(N2CCN(C(=O)Cn3cnc4c(cnn4C)c3=O)CC2)c(F)c1. The van der Waals surface area contributed by atoms with E-state index in [4.69, 9.17) is 0 Å². The third-order valence-corrected chi connectivity index (χ3v) is 5.35. The number of halogens is 1. The van der Waals surface area contributed by atoms with Crippen molar-refractivity contribution in [3.8, 4) is 0 Å². The van der Waals surface area contributed by atoms with Crippen molar-refractivity contribution in [2.24, 2.45) is 7.05 Å². The van der Waals surface area contributed by atoms with Gasteiger partial charge in [-0.3, -0.25) is 23.6 Å². The standard InChI is InChI=1S/C20H21FN6O3/c1-13(28)14-3-4-17(16(21)9-14)25-5-7-26(8-6-25)18(29)11-27-12-22-19-15(20(27)30)10-23-24(19)2/h3-4,9-10,12H,5-8,11H2,1-2H3. The maximum atomic E-state index is 14.4. The van der Waals surface area contributed by atoms with Crippen molar-refractivity contribution in [1.82, 2.24) is 24.2 Å². The number of amides is 1. The summed E-state index contributed by atoms with van der Waals surface area (Å²) in [6, 6.07) is 4.44. The first-order valence-corrected chi connectivity index (χ1v) is 9.55. The molecule has 3 aromatic rings. The lowest BCUT2D eigenvalue weighted by atomic mass is 10.1. The molecular formula is C20H21FN6O3. The van der Waals surface area contributed by atoms with Gasteiger partial charge in [-0.15, -0.1) is 0 Å². The summed E-state index contributed by atoms with van der Waals surface area (Å²) in [6.45, 7) is 3.01. The van der Waals surface area contributed by atoms with E-state index in [1.807, 2.05) is 4.90 Å². The van der Waals surface area contributed by atoms with Crippen molar-refractivity contribution < 1.29 is 14.0 Å². The number of aryl methyl sites for hydroxylation is 1. The Morgan fingerprint density at radius 2 is 1.90 bits per heavy atom. The second kappa shape index (κ2) is 7.69. The van der Waals surface area contributed by atoms with E-state index in [1.54, 1.807) is 24.1 Å². The van der Waals surface area contributed by atoms with Gasteiger partial charge in [-0.1, -0.05) is 0 Å². The van der Waals surface area contributed by atoms with Gasteiger partial charge in [0.25, 0.3) is 5.56 Å². The number of benzene rings is 1. The smallest absolute Gasteiger partial charge is 0.264 e. The largest absolute Gasteiger partial charge is 0.366 e. The van der Waals surface area contributed by atoms with Crippen molar-refractivity contribution >= 4 is 28.4 Å². The Balaban J connectivity index is 1.42. The van der Waals surface area contributed by atoms with Crippen LogP contribution in [0.4, 0.5) is 10.1 Å². The van der Waals surface area contributed by atoms with Crippen LogP contribution < -0.4 is 10.5 Å². The van der Waals surface area contributed by atoms with Gasteiger partial charge in [0.15, 0.2) is 11.4 Å². The van der Waals surface area contributed by atoms with Crippen molar-refractivity contribution in [1.29, 1.82) is 0 Å². The summed E-state index contributed by atoms with van der Waals surface area (Å²) in [5, 5.41) is 4.38. The normalized spacial score (nSPS) is 14.4. The van der Waals surface area contributed by atoms with Gasteiger partial charge in [0.05, 0.1) is 11.9 Å². The van der Waals surface area contributed by atoms with Crippen molar-refractivity contribution in [2.75, 3.05) is 31.1 Å². The summed E-state index contributed by atoms with van der Waals surface area (Å²) < 4.78 is 17.2. The van der Waals surface area contributed by atoms with E-state index in [0.717, 1.165) is 0 Å². The molecule has 30 heavy (non-hydrogen) atoms. The van der Waals surface area contributed by atoms with Crippen molar-refractivity contribution in [2.45, 2.75) is 13.5 Å². The third kappa shape index (κ3) is 3.56. The molecule has 0 radical (unpaired) electrons. The van der Waals surface area contributed by atoms with E-state index in [1.165, 1.54) is 34.8 Å². The zero-order valence-corrected chi connectivity index (χ0v) is 16.7. The van der Waals surface area contributed by atoms with Gasteiger partial charge in [-0.25, -0.2) is 9.37 Å². The number of anilines is 1. The van der Waals surface area contributed by atoms with Gasteiger partial charge in [-0.2, -0.15) is 5.10 Å². The van der Waals surface area contributed by atoms with E-state index in [-0.39, 0.29) is 23.8 Å². The summed E-state index contributed by atoms with van der Waals surface area (Å²) in [5.74, 6) is -0.843. The molecular weight excluding hydrogens is 391 g/mol. The Hall–Kier alpha value is -3.56. The minimum atomic E-state index is -0.454. The number of rotatable bonds is 4. The molecule has 156 valence electrons. The Bertz CT molecular complexity index is 1190. The molecule has 1 amide bonds. The minimum absolute atomic E-state index is 0.113. The molecule has 0 aliphatic carbocycles. The number of hydrogen-bond donors (Lipinski definition) is 0. The Morgan fingerprint density at radius 1 is 1.17 bits per heavy atom. The summed E-state index contributed by atoms with van der Waals surface area (Å²) >= 11 is 0. The number of carbonyl (C=O) groups is 2. The Kier molecular flexibility index (Phi) is 5.06. The minimum Gasteiger partial charge on any atom is -0.366 e. The van der Waals surface area contributed by atoms with E-state index in [0.29, 0.717) is 48.5 Å². The summed E-state index contributed by atoms with van der Waals surface area (Å²) in [7, 11) is 1.69. The second-order valence-corrected chi connectivity index (χ2v) is 7.27. The number of hydrogen-bond acceptors (Lipinski definition) is 6. The van der Waals surface area contributed by atoms with Gasteiger partial charge >= 0.3 is 0 Å². The van der Waals surface area contributed by atoms with Crippen LogP contribution in [0.3, 0.4) is 0 Å². The topological polar surface area (TPSA) is 93.3 Å². The van der Waals surface area contributed by atoms with Gasteiger partial charge in [-0.05, 0) is 25.1 Å². The molecule has 4 rings (SSSR count). The van der Waals surface area contributed by atoms with Crippen molar-refractivity contribution in [3.05, 3.63) is 52.5 Å². The number of nitrogens with zero attached hydrogens (tertiary/aromatic N) is 6. The first kappa shape index (κ1) is 19.7. The average molecular weight is 412 g/mol. The zero-order chi connectivity index (χ0) is 21.4. The molecule has 1 aromatic carbocycles. The molecule has 10 heteroatoms. The number of ketones is 1. The number of Topliss-reactive ketones (excluding diaryl/α,β-unsaturated/α-hetero) is 1. The van der Waals surface area contributed by atoms with Crippen LogP contribution in [-0.4, -0.2) is 62.1 Å². The zero-order valence-electron chi connectivity index (χ0n) is 16.7. The fourth-order valence-corrected chi connectivity index (χ4v) is 3.60. The molecule has 1 fully saturated rings. The predicted octanol–water partition coefficient (Wildman–Crippen LogP) is 0.821. The molecule has 0 N–H and O–H groups in total. The summed E-state index contributed by atoms with van der Waals surface area (Å²) in [5.41, 5.74) is 0.895. The van der Waals surface area contributed by atoms with Crippen LogP contribution in [0, 0.1) is 5.82 Å². The number of carbonyl (C=O) groups excluding carboxylic acids is 2. The molecule has 0 unspecified atom stereocenters. The van der Waals surface area contributed by atoms with E-state index in [9.17, 15) is 18.8 Å². The number of fused-ring (bicyclic) bond motifs is 1. The van der Waals surface area contributed by atoms with Crippen LogP contribution in [0.5, 0.6) is 0 Å². The molecule has 2 aromatic heterocycles. The summed E-state index contributed by atoms with van der Waals surface area (Å²) in [4.78, 5) is 44.3. The van der Waals surface area contributed by atoms with E-state index < -0.39 is 5.82 Å². The quantitative estimate of drug-likeness (QED) is 0.589. The third-order valence-electron chi connectivity index (χ3n) is 5.35. The molecule has 1 aliphatic rings. The van der Waals surface area contributed by atoms with Gasteiger partial charge < -0.3 is 9.80 Å². The first-order chi connectivity index (χ1) is 14.3. The lowest BCUT2D eigenvalue weighted by Crippen LogP contribution is -2.50. The fraction of sp³-hybridized carbons (Fsp3) is 0.350. The van der Waals surface area contributed by atoms with Crippen LogP contribution in [0.15, 0.2) is 35.5 Å². The highest BCUT2D eigenvalue weighted by molar-refractivity contribution is 5.94. The maximum absolute atomic E-state index is 14.4. The fourth-order valence-electron chi connectivity index (χ4n) is 3.60. The first-order valence-electron chi connectivity index (χ1n) is 9.55. The van der Waals surface area contributed by atoms with Gasteiger partial charge in [0, 0.05) is 38.8 Å². The van der Waals surface area contributed by atoms with Crippen LogP contribution in [0.1, 0.15) is 17.3 Å². The molecule has 3 heterocycles. The molecule has 9 nitrogen and oxygen atoms in total. The highest BCUT2D eigenvalue weighted by Gasteiger charge is 2.24. The van der Waals surface area contributed by atoms with Crippen LogP contribution in [-0.2, 0) is 18.4 Å². The van der Waals surface area contributed by atoms with Crippen molar-refractivity contribution in [3.63, 3.8) is 0 Å². The van der Waals surface area contributed by atoms with Crippen LogP contribution in [0.2, 0.25) is 0 Å². The molecule has 0 atom stereocenters.